The fourth-order valence-electron chi connectivity index (χ4n) is 1.24. The van der Waals surface area contributed by atoms with Crippen LogP contribution in [0.15, 0.2) is 43.5 Å². The maximum Gasteiger partial charge on any atom is -0.000719 e. The van der Waals surface area contributed by atoms with Crippen LogP contribution in [0.1, 0.15) is 24.0 Å². The van der Waals surface area contributed by atoms with Crippen molar-refractivity contribution >= 4 is 6.08 Å². The molecule has 1 aromatic carbocycles. The standard InChI is InChI=1S/C12H14/c1-4-10(3)12-9-7-6-8-11(12)5-2/h4-10H,1-2H2,3H3. The molecule has 0 saturated carbocycles. The molecule has 1 aromatic rings. The van der Waals surface area contributed by atoms with Crippen molar-refractivity contribution in [1.82, 2.24) is 0 Å². The molecule has 1 rings (SSSR count). The van der Waals surface area contributed by atoms with Gasteiger partial charge in [0, 0.05) is 0 Å². The second-order valence-corrected chi connectivity index (χ2v) is 2.86. The lowest BCUT2D eigenvalue weighted by atomic mass is 9.96. The van der Waals surface area contributed by atoms with E-state index in [0.717, 1.165) is 0 Å². The van der Waals surface area contributed by atoms with Crippen molar-refractivity contribution < 1.29 is 0 Å². The third-order valence-electron chi connectivity index (χ3n) is 2.06. The molecule has 0 aliphatic rings. The monoisotopic (exact) mass is 158 g/mol. The van der Waals surface area contributed by atoms with Gasteiger partial charge in [0.15, 0.2) is 0 Å². The Kier molecular flexibility index (Phi) is 2.87. The molecule has 1 unspecified atom stereocenters. The van der Waals surface area contributed by atoms with E-state index in [1.165, 1.54) is 11.1 Å². The Bertz CT molecular complexity index is 284. The summed E-state index contributed by atoms with van der Waals surface area (Å²) >= 11 is 0. The maximum atomic E-state index is 3.78. The van der Waals surface area contributed by atoms with Gasteiger partial charge in [0.25, 0.3) is 0 Å². The third-order valence-corrected chi connectivity index (χ3v) is 2.06. The average Bonchev–Trinajstić information content (AvgIpc) is 2.16. The molecule has 0 bridgehead atoms. The smallest absolute Gasteiger partial charge is 0.000719 e. The molecule has 0 radical (unpaired) electrons. The van der Waals surface area contributed by atoms with Gasteiger partial charge in [-0.3, -0.25) is 0 Å². The van der Waals surface area contributed by atoms with E-state index in [-0.39, 0.29) is 0 Å². The fourth-order valence-corrected chi connectivity index (χ4v) is 1.24. The van der Waals surface area contributed by atoms with Crippen LogP contribution < -0.4 is 0 Å². The van der Waals surface area contributed by atoms with Crippen molar-refractivity contribution in [2.45, 2.75) is 12.8 Å². The van der Waals surface area contributed by atoms with Crippen LogP contribution in [0.2, 0.25) is 0 Å². The Morgan fingerprint density at radius 1 is 1.25 bits per heavy atom. The molecule has 0 spiro atoms. The van der Waals surface area contributed by atoms with E-state index in [4.69, 9.17) is 0 Å². The number of benzene rings is 1. The van der Waals surface area contributed by atoms with Crippen molar-refractivity contribution in [2.24, 2.45) is 0 Å². The molecule has 12 heavy (non-hydrogen) atoms. The van der Waals surface area contributed by atoms with Crippen LogP contribution in [0, 0.1) is 0 Å². The first-order chi connectivity index (χ1) is 5.79. The van der Waals surface area contributed by atoms with Crippen LogP contribution in [-0.4, -0.2) is 0 Å². The molecule has 0 nitrogen and oxygen atoms in total. The Morgan fingerprint density at radius 2 is 1.92 bits per heavy atom. The Hall–Kier alpha value is -1.30. The van der Waals surface area contributed by atoms with Gasteiger partial charge in [-0.2, -0.15) is 0 Å². The molecule has 0 N–H and O–H groups in total. The lowest BCUT2D eigenvalue weighted by molar-refractivity contribution is 0.967. The molecule has 0 aliphatic carbocycles. The van der Waals surface area contributed by atoms with Crippen LogP contribution >= 0.6 is 0 Å². The summed E-state index contributed by atoms with van der Waals surface area (Å²) in [5.41, 5.74) is 2.49. The van der Waals surface area contributed by atoms with Gasteiger partial charge in [0.2, 0.25) is 0 Å². The zero-order valence-corrected chi connectivity index (χ0v) is 7.46. The van der Waals surface area contributed by atoms with Gasteiger partial charge < -0.3 is 0 Å². The topological polar surface area (TPSA) is 0 Å². The normalized spacial score (nSPS) is 12.1. The second-order valence-electron chi connectivity index (χ2n) is 2.86. The van der Waals surface area contributed by atoms with Crippen molar-refractivity contribution in [2.75, 3.05) is 0 Å². The van der Waals surface area contributed by atoms with Crippen molar-refractivity contribution in [3.63, 3.8) is 0 Å². The van der Waals surface area contributed by atoms with E-state index in [1.54, 1.807) is 0 Å². The summed E-state index contributed by atoms with van der Waals surface area (Å²) in [6, 6.07) is 8.25. The van der Waals surface area contributed by atoms with Crippen LogP contribution in [0.5, 0.6) is 0 Å². The van der Waals surface area contributed by atoms with Crippen molar-refractivity contribution in [1.29, 1.82) is 0 Å². The highest BCUT2D eigenvalue weighted by molar-refractivity contribution is 5.53. The van der Waals surface area contributed by atoms with Crippen LogP contribution in [0.3, 0.4) is 0 Å². The second kappa shape index (κ2) is 3.91. The summed E-state index contributed by atoms with van der Waals surface area (Å²) in [5, 5.41) is 0. The lowest BCUT2D eigenvalue weighted by Crippen LogP contribution is -1.91. The van der Waals surface area contributed by atoms with E-state index in [0.29, 0.717) is 5.92 Å². The first-order valence-electron chi connectivity index (χ1n) is 4.13. The molecular weight excluding hydrogens is 144 g/mol. The van der Waals surface area contributed by atoms with E-state index in [1.807, 2.05) is 24.3 Å². The number of allylic oxidation sites excluding steroid dienone is 1. The number of hydrogen-bond donors (Lipinski definition) is 0. The van der Waals surface area contributed by atoms with Gasteiger partial charge >= 0.3 is 0 Å². The van der Waals surface area contributed by atoms with Crippen LogP contribution in [0.25, 0.3) is 6.08 Å². The highest BCUT2D eigenvalue weighted by atomic mass is 14.1. The van der Waals surface area contributed by atoms with Gasteiger partial charge in [-0.05, 0) is 17.0 Å². The van der Waals surface area contributed by atoms with Gasteiger partial charge in [-0.25, -0.2) is 0 Å². The average molecular weight is 158 g/mol. The first kappa shape index (κ1) is 8.79. The molecule has 0 amide bonds. The molecule has 0 saturated heterocycles. The number of rotatable bonds is 3. The fraction of sp³-hybridized carbons (Fsp3) is 0.167. The van der Waals surface area contributed by atoms with Gasteiger partial charge in [0.1, 0.15) is 0 Å². The summed E-state index contributed by atoms with van der Waals surface area (Å²) in [6.45, 7) is 9.69. The van der Waals surface area contributed by atoms with Gasteiger partial charge in [-0.1, -0.05) is 49.9 Å². The van der Waals surface area contributed by atoms with Crippen LogP contribution in [-0.2, 0) is 0 Å². The summed E-state index contributed by atoms with van der Waals surface area (Å²) in [5.74, 6) is 0.402. The Labute approximate surface area is 74.2 Å². The molecule has 0 fully saturated rings. The summed E-state index contributed by atoms with van der Waals surface area (Å²) in [6.07, 6.45) is 3.83. The SMILES string of the molecule is C=Cc1ccccc1C(C)C=C. The first-order valence-corrected chi connectivity index (χ1v) is 4.13. The largest absolute Gasteiger partial charge is 0.102 e. The van der Waals surface area contributed by atoms with Gasteiger partial charge in [-0.15, -0.1) is 6.58 Å². The summed E-state index contributed by atoms with van der Waals surface area (Å²) in [4.78, 5) is 0. The predicted octanol–water partition coefficient (Wildman–Crippen LogP) is 3.62. The van der Waals surface area contributed by atoms with Crippen LogP contribution in [0.4, 0.5) is 0 Å². The molecule has 0 heteroatoms. The van der Waals surface area contributed by atoms with E-state index < -0.39 is 0 Å². The molecular formula is C12H14. The Morgan fingerprint density at radius 3 is 2.50 bits per heavy atom. The minimum atomic E-state index is 0.402. The maximum absolute atomic E-state index is 3.78. The minimum Gasteiger partial charge on any atom is -0.102 e. The molecule has 0 heterocycles. The summed E-state index contributed by atoms with van der Waals surface area (Å²) < 4.78 is 0. The predicted molar refractivity (Wildman–Crippen MR) is 55.1 cm³/mol. The molecule has 0 aliphatic heterocycles. The highest BCUT2D eigenvalue weighted by Gasteiger charge is 2.02. The minimum absolute atomic E-state index is 0.402. The lowest BCUT2D eigenvalue weighted by Gasteiger charge is -2.09. The zero-order valence-electron chi connectivity index (χ0n) is 7.46. The molecule has 0 aromatic heterocycles. The van der Waals surface area contributed by atoms with E-state index >= 15 is 0 Å². The van der Waals surface area contributed by atoms with Gasteiger partial charge in [0.05, 0.1) is 0 Å². The number of hydrogen-bond acceptors (Lipinski definition) is 0. The summed E-state index contributed by atoms with van der Waals surface area (Å²) in [7, 11) is 0. The Balaban J connectivity index is 3.12. The van der Waals surface area contributed by atoms with Crippen molar-refractivity contribution in [3.05, 3.63) is 54.6 Å². The van der Waals surface area contributed by atoms with E-state index in [2.05, 4.69) is 32.2 Å². The third kappa shape index (κ3) is 1.65. The van der Waals surface area contributed by atoms with E-state index in [9.17, 15) is 0 Å². The highest BCUT2D eigenvalue weighted by Crippen LogP contribution is 2.20. The van der Waals surface area contributed by atoms with Crippen molar-refractivity contribution in [3.8, 4) is 0 Å². The molecule has 1 atom stereocenters. The quantitative estimate of drug-likeness (QED) is 0.589. The molecule has 62 valence electrons. The zero-order chi connectivity index (χ0) is 8.97.